The quantitative estimate of drug-likeness (QED) is 0.430. The van der Waals surface area contributed by atoms with E-state index in [2.05, 4.69) is 75.8 Å². The lowest BCUT2D eigenvalue weighted by Crippen LogP contribution is -2.35. The molecule has 5 rings (SSSR count). The zero-order valence-electron chi connectivity index (χ0n) is 19.4. The molecule has 0 aliphatic carbocycles. The first-order valence-corrected chi connectivity index (χ1v) is 11.8. The number of benzene rings is 2. The third-order valence-electron chi connectivity index (χ3n) is 6.53. The highest BCUT2D eigenvalue weighted by molar-refractivity contribution is 6.03. The van der Waals surface area contributed by atoms with Crippen LogP contribution in [0.5, 0.6) is 0 Å². The Labute approximate surface area is 200 Å². The van der Waals surface area contributed by atoms with E-state index in [4.69, 9.17) is 0 Å². The standard InChI is InChI=1S/C28H29N5O/c1-21-6-2-3-10-26(21)23-8-4-7-22(18-23)20-32-16-12-25(13-17-32)33-27(11-15-30-33)31-28(34)24-9-5-14-29-19-24/h2-11,14-15,18-19,25H,12-13,16-17,20H2,1H3,(H,31,34). The van der Waals surface area contributed by atoms with Gasteiger partial charge in [-0.2, -0.15) is 5.10 Å². The number of rotatable bonds is 6. The molecule has 6 nitrogen and oxygen atoms in total. The van der Waals surface area contributed by atoms with Crippen molar-refractivity contribution in [3.8, 4) is 11.1 Å². The van der Waals surface area contributed by atoms with Crippen molar-refractivity contribution in [2.75, 3.05) is 18.4 Å². The number of pyridine rings is 1. The van der Waals surface area contributed by atoms with Crippen molar-refractivity contribution in [3.63, 3.8) is 0 Å². The minimum atomic E-state index is -0.166. The maximum atomic E-state index is 12.6. The summed E-state index contributed by atoms with van der Waals surface area (Å²) in [5, 5.41) is 7.51. The Balaban J connectivity index is 1.20. The highest BCUT2D eigenvalue weighted by atomic mass is 16.1. The molecule has 0 atom stereocenters. The van der Waals surface area contributed by atoms with Crippen molar-refractivity contribution >= 4 is 11.7 Å². The Morgan fingerprint density at radius 1 is 1.00 bits per heavy atom. The van der Waals surface area contributed by atoms with Crippen LogP contribution in [-0.4, -0.2) is 38.7 Å². The lowest BCUT2D eigenvalue weighted by atomic mass is 9.98. The summed E-state index contributed by atoms with van der Waals surface area (Å²) in [7, 11) is 0. The summed E-state index contributed by atoms with van der Waals surface area (Å²) in [4.78, 5) is 19.1. The molecule has 1 N–H and O–H groups in total. The number of nitrogens with zero attached hydrogens (tertiary/aromatic N) is 4. The molecule has 0 radical (unpaired) electrons. The van der Waals surface area contributed by atoms with Gasteiger partial charge in [-0.05, 0) is 60.2 Å². The van der Waals surface area contributed by atoms with Crippen LogP contribution in [0.4, 0.5) is 5.82 Å². The van der Waals surface area contributed by atoms with Crippen molar-refractivity contribution in [1.29, 1.82) is 0 Å². The van der Waals surface area contributed by atoms with Crippen LogP contribution in [0.15, 0.2) is 85.3 Å². The van der Waals surface area contributed by atoms with Gasteiger partial charge < -0.3 is 5.32 Å². The highest BCUT2D eigenvalue weighted by Gasteiger charge is 2.23. The Morgan fingerprint density at radius 2 is 1.85 bits per heavy atom. The van der Waals surface area contributed by atoms with Crippen molar-refractivity contribution in [2.24, 2.45) is 0 Å². The number of anilines is 1. The first-order valence-electron chi connectivity index (χ1n) is 11.8. The number of amides is 1. The topological polar surface area (TPSA) is 63.1 Å². The van der Waals surface area contributed by atoms with Gasteiger partial charge in [-0.15, -0.1) is 0 Å². The van der Waals surface area contributed by atoms with Crippen LogP contribution in [0.1, 0.15) is 40.4 Å². The zero-order chi connectivity index (χ0) is 23.3. The summed E-state index contributed by atoms with van der Waals surface area (Å²) in [6.07, 6.45) is 6.97. The van der Waals surface area contributed by atoms with E-state index in [1.807, 2.05) is 10.7 Å². The molecule has 172 valence electrons. The van der Waals surface area contributed by atoms with Gasteiger partial charge in [0.25, 0.3) is 5.91 Å². The minimum Gasteiger partial charge on any atom is -0.307 e. The van der Waals surface area contributed by atoms with Gasteiger partial charge in [0.2, 0.25) is 0 Å². The summed E-state index contributed by atoms with van der Waals surface area (Å²) in [6.45, 7) is 5.09. The Morgan fingerprint density at radius 3 is 2.65 bits per heavy atom. The summed E-state index contributed by atoms with van der Waals surface area (Å²) < 4.78 is 1.96. The second-order valence-corrected chi connectivity index (χ2v) is 8.88. The van der Waals surface area contributed by atoms with E-state index in [-0.39, 0.29) is 11.9 Å². The predicted octanol–water partition coefficient (Wildman–Crippen LogP) is 5.34. The van der Waals surface area contributed by atoms with Crippen molar-refractivity contribution in [1.82, 2.24) is 19.7 Å². The zero-order valence-corrected chi connectivity index (χ0v) is 19.4. The minimum absolute atomic E-state index is 0.166. The number of hydrogen-bond donors (Lipinski definition) is 1. The summed E-state index contributed by atoms with van der Waals surface area (Å²) in [5.41, 5.74) is 5.74. The average Bonchev–Trinajstić information content (AvgIpc) is 3.33. The van der Waals surface area contributed by atoms with Crippen molar-refractivity contribution in [3.05, 3.63) is 102 Å². The van der Waals surface area contributed by atoms with Gasteiger partial charge in [0.15, 0.2) is 0 Å². The Kier molecular flexibility index (Phi) is 6.49. The number of nitrogens with one attached hydrogen (secondary N) is 1. The predicted molar refractivity (Wildman–Crippen MR) is 135 cm³/mol. The van der Waals surface area contributed by atoms with Gasteiger partial charge in [-0.3, -0.25) is 14.7 Å². The molecule has 1 saturated heterocycles. The van der Waals surface area contributed by atoms with E-state index in [1.54, 1.807) is 30.7 Å². The molecule has 1 aliphatic rings. The third kappa shape index (κ3) is 4.92. The van der Waals surface area contributed by atoms with Gasteiger partial charge in [0.05, 0.1) is 17.8 Å². The number of hydrogen-bond acceptors (Lipinski definition) is 4. The van der Waals surface area contributed by atoms with E-state index in [0.29, 0.717) is 5.56 Å². The molecule has 0 unspecified atom stereocenters. The number of aryl methyl sites for hydroxylation is 1. The summed E-state index contributed by atoms with van der Waals surface area (Å²) in [6, 6.07) is 23.1. The van der Waals surface area contributed by atoms with Gasteiger partial charge in [-0.25, -0.2) is 4.68 Å². The van der Waals surface area contributed by atoms with E-state index in [9.17, 15) is 4.79 Å². The summed E-state index contributed by atoms with van der Waals surface area (Å²) >= 11 is 0. The van der Waals surface area contributed by atoms with E-state index >= 15 is 0 Å². The Hall–Kier alpha value is -3.77. The molecule has 34 heavy (non-hydrogen) atoms. The molecule has 1 amide bonds. The molecular weight excluding hydrogens is 422 g/mol. The van der Waals surface area contributed by atoms with Gasteiger partial charge in [0, 0.05) is 38.1 Å². The highest BCUT2D eigenvalue weighted by Crippen LogP contribution is 2.28. The molecule has 0 saturated carbocycles. The number of piperidine rings is 1. The second-order valence-electron chi connectivity index (χ2n) is 8.88. The maximum absolute atomic E-state index is 12.6. The fourth-order valence-electron chi connectivity index (χ4n) is 4.70. The molecule has 1 aliphatic heterocycles. The number of carbonyl (C=O) groups excluding carboxylic acids is 1. The van der Waals surface area contributed by atoms with Gasteiger partial charge in [0.1, 0.15) is 5.82 Å². The molecular formula is C28H29N5O. The van der Waals surface area contributed by atoms with E-state index < -0.39 is 0 Å². The van der Waals surface area contributed by atoms with Crippen LogP contribution < -0.4 is 5.32 Å². The van der Waals surface area contributed by atoms with Gasteiger partial charge in [-0.1, -0.05) is 42.5 Å². The molecule has 3 heterocycles. The second kappa shape index (κ2) is 10.0. The molecule has 2 aromatic carbocycles. The van der Waals surface area contributed by atoms with Crippen molar-refractivity contribution < 1.29 is 4.79 Å². The maximum Gasteiger partial charge on any atom is 0.258 e. The lowest BCUT2D eigenvalue weighted by molar-refractivity contribution is 0.102. The molecule has 0 bridgehead atoms. The van der Waals surface area contributed by atoms with Crippen LogP contribution >= 0.6 is 0 Å². The largest absolute Gasteiger partial charge is 0.307 e. The van der Waals surface area contributed by atoms with Crippen LogP contribution in [0.3, 0.4) is 0 Å². The van der Waals surface area contributed by atoms with Crippen LogP contribution in [0.25, 0.3) is 11.1 Å². The number of likely N-dealkylation sites (tertiary alicyclic amines) is 1. The normalized spacial score (nSPS) is 14.7. The lowest BCUT2D eigenvalue weighted by Gasteiger charge is -2.32. The average molecular weight is 452 g/mol. The fourth-order valence-corrected chi connectivity index (χ4v) is 4.70. The first kappa shape index (κ1) is 22.0. The van der Waals surface area contributed by atoms with Crippen LogP contribution in [-0.2, 0) is 6.54 Å². The number of carbonyl (C=O) groups is 1. The van der Waals surface area contributed by atoms with Crippen LogP contribution in [0.2, 0.25) is 0 Å². The first-order chi connectivity index (χ1) is 16.7. The van der Waals surface area contributed by atoms with E-state index in [0.717, 1.165) is 38.3 Å². The third-order valence-corrected chi connectivity index (χ3v) is 6.53. The molecule has 2 aromatic heterocycles. The fraction of sp³-hybridized carbons (Fsp3) is 0.250. The summed E-state index contributed by atoms with van der Waals surface area (Å²) in [5.74, 6) is 0.569. The Bertz CT molecular complexity index is 1260. The van der Waals surface area contributed by atoms with Crippen LogP contribution in [0, 0.1) is 6.92 Å². The SMILES string of the molecule is Cc1ccccc1-c1cccc(CN2CCC(n3nccc3NC(=O)c3cccnc3)CC2)c1. The van der Waals surface area contributed by atoms with Crippen molar-refractivity contribution in [2.45, 2.75) is 32.4 Å². The monoisotopic (exact) mass is 451 g/mol. The smallest absolute Gasteiger partial charge is 0.258 e. The molecule has 1 fully saturated rings. The number of aromatic nitrogens is 3. The van der Waals surface area contributed by atoms with Gasteiger partial charge >= 0.3 is 0 Å². The molecule has 0 spiro atoms. The molecule has 4 aromatic rings. The molecule has 6 heteroatoms. The van der Waals surface area contributed by atoms with E-state index in [1.165, 1.54) is 22.3 Å².